The molecule has 3 aliphatic rings. The van der Waals surface area contributed by atoms with Crippen molar-refractivity contribution in [2.24, 2.45) is 23.7 Å². The third kappa shape index (κ3) is 2.45. The van der Waals surface area contributed by atoms with Crippen molar-refractivity contribution in [2.75, 3.05) is 0 Å². The van der Waals surface area contributed by atoms with Gasteiger partial charge in [-0.05, 0) is 61.5 Å². The van der Waals surface area contributed by atoms with E-state index in [1.807, 2.05) is 0 Å². The fourth-order valence-corrected chi connectivity index (χ4v) is 5.41. The zero-order valence-corrected chi connectivity index (χ0v) is 12.8. The minimum Gasteiger partial charge on any atom is -0.349 e. The molecule has 1 amide bonds. The van der Waals surface area contributed by atoms with Gasteiger partial charge in [0.25, 0.3) is 5.91 Å². The predicted octanol–water partition coefficient (Wildman–Crippen LogP) is 4.26. The summed E-state index contributed by atoms with van der Waals surface area (Å²) in [5.74, 6) is 2.03. The number of benzene rings is 1. The number of carbonyl (C=O) groups is 1. The molecule has 0 aliphatic heterocycles. The zero-order chi connectivity index (χ0) is 16.2. The van der Waals surface area contributed by atoms with Crippen molar-refractivity contribution in [3.63, 3.8) is 0 Å². The number of amides is 1. The lowest BCUT2D eigenvalue weighted by atomic mass is 9.79. The van der Waals surface area contributed by atoms with E-state index in [2.05, 4.69) is 5.32 Å². The molecule has 124 valence electrons. The first-order chi connectivity index (χ1) is 10.9. The van der Waals surface area contributed by atoms with Gasteiger partial charge in [-0.1, -0.05) is 18.6 Å². The topological polar surface area (TPSA) is 29.1 Å². The molecule has 0 spiro atoms. The van der Waals surface area contributed by atoms with Crippen LogP contribution in [-0.4, -0.2) is 11.9 Å². The van der Waals surface area contributed by atoms with Crippen LogP contribution in [0, 0.1) is 23.7 Å². The number of carbonyl (C=O) groups excluding carboxylic acids is 1. The number of rotatable bonds is 2. The first-order valence-corrected chi connectivity index (χ1v) is 8.42. The summed E-state index contributed by atoms with van der Waals surface area (Å²) in [4.78, 5) is 12.4. The molecule has 2 nitrogen and oxygen atoms in total. The van der Waals surface area contributed by atoms with E-state index in [1.165, 1.54) is 37.5 Å². The second-order valence-electron chi connectivity index (χ2n) is 7.28. The summed E-state index contributed by atoms with van der Waals surface area (Å²) in [5, 5.41) is 2.91. The normalized spacial score (nSPS) is 35.3. The molecular weight excluding hydrogens is 303 g/mol. The van der Waals surface area contributed by atoms with Crippen molar-refractivity contribution in [1.29, 1.82) is 0 Å². The monoisotopic (exact) mass is 323 g/mol. The van der Waals surface area contributed by atoms with Gasteiger partial charge < -0.3 is 5.32 Å². The largest absolute Gasteiger partial charge is 0.417 e. The fourth-order valence-electron chi connectivity index (χ4n) is 5.41. The van der Waals surface area contributed by atoms with Gasteiger partial charge in [-0.2, -0.15) is 13.2 Å². The highest BCUT2D eigenvalue weighted by molar-refractivity contribution is 5.96. The molecule has 3 saturated carbocycles. The lowest BCUT2D eigenvalue weighted by Gasteiger charge is -2.32. The average molecular weight is 323 g/mol. The second kappa shape index (κ2) is 5.25. The average Bonchev–Trinajstić information content (AvgIpc) is 3.18. The van der Waals surface area contributed by atoms with E-state index in [0.717, 1.165) is 24.8 Å². The van der Waals surface area contributed by atoms with Gasteiger partial charge in [-0.3, -0.25) is 4.79 Å². The Morgan fingerprint density at radius 1 is 1.04 bits per heavy atom. The fraction of sp³-hybridized carbons (Fsp3) is 0.611. The number of halogens is 3. The number of hydrogen-bond donors (Lipinski definition) is 1. The molecular formula is C18H20F3NO. The lowest BCUT2D eigenvalue weighted by molar-refractivity contribution is -0.137. The standard InChI is InChI=1S/C18H20F3NO/c19-18(20,21)15-7-2-1-4-13(15)17(23)22-16-9-10-8-14(16)12-6-3-5-11(10)12/h1-2,4,7,10-12,14,16H,3,5-6,8-9H2,(H,22,23)/t10-,11-,12-,14+,16-/m1/s1. The Kier molecular flexibility index (Phi) is 3.43. The van der Waals surface area contributed by atoms with Crippen molar-refractivity contribution in [3.8, 4) is 0 Å². The smallest absolute Gasteiger partial charge is 0.349 e. The summed E-state index contributed by atoms with van der Waals surface area (Å²) in [6, 6.07) is 5.10. The van der Waals surface area contributed by atoms with Crippen LogP contribution in [0.4, 0.5) is 13.2 Å². The van der Waals surface area contributed by atoms with E-state index in [9.17, 15) is 18.0 Å². The number of hydrogen-bond acceptors (Lipinski definition) is 1. The zero-order valence-electron chi connectivity index (χ0n) is 12.8. The Hall–Kier alpha value is -1.52. The Morgan fingerprint density at radius 3 is 2.57 bits per heavy atom. The van der Waals surface area contributed by atoms with Gasteiger partial charge in [0.05, 0.1) is 11.1 Å². The second-order valence-corrected chi connectivity index (χ2v) is 7.28. The van der Waals surface area contributed by atoms with Crippen LogP contribution in [0.1, 0.15) is 48.0 Å². The maximum absolute atomic E-state index is 13.1. The minimum absolute atomic E-state index is 0.0492. The van der Waals surface area contributed by atoms with Gasteiger partial charge >= 0.3 is 6.18 Å². The van der Waals surface area contributed by atoms with Crippen LogP contribution in [0.2, 0.25) is 0 Å². The predicted molar refractivity (Wildman–Crippen MR) is 79.7 cm³/mol. The van der Waals surface area contributed by atoms with E-state index in [0.29, 0.717) is 17.8 Å². The molecule has 23 heavy (non-hydrogen) atoms. The molecule has 0 unspecified atom stereocenters. The molecule has 3 fully saturated rings. The van der Waals surface area contributed by atoms with Crippen molar-refractivity contribution in [2.45, 2.75) is 44.3 Å². The summed E-state index contributed by atoms with van der Waals surface area (Å²) in [7, 11) is 0. The number of alkyl halides is 3. The molecule has 5 atom stereocenters. The van der Waals surface area contributed by atoms with Crippen LogP contribution in [0.5, 0.6) is 0 Å². The molecule has 0 radical (unpaired) electrons. The Morgan fingerprint density at radius 2 is 1.78 bits per heavy atom. The SMILES string of the molecule is O=C(N[C@@H]1C[C@H]2C[C@H]1[C@@H]1CCC[C@H]21)c1ccccc1C(F)(F)F. The molecule has 2 bridgehead atoms. The van der Waals surface area contributed by atoms with Crippen LogP contribution in [0.3, 0.4) is 0 Å². The molecule has 5 heteroatoms. The van der Waals surface area contributed by atoms with Crippen LogP contribution >= 0.6 is 0 Å². The molecule has 0 heterocycles. The van der Waals surface area contributed by atoms with Gasteiger partial charge in [-0.15, -0.1) is 0 Å². The van der Waals surface area contributed by atoms with Crippen LogP contribution in [0.25, 0.3) is 0 Å². The summed E-state index contributed by atoms with van der Waals surface area (Å²) in [6.07, 6.45) is 1.35. The minimum atomic E-state index is -4.50. The maximum atomic E-state index is 13.1. The van der Waals surface area contributed by atoms with Crippen molar-refractivity contribution >= 4 is 5.91 Å². The van der Waals surface area contributed by atoms with E-state index < -0.39 is 17.6 Å². The first kappa shape index (κ1) is 15.0. The Balaban J connectivity index is 1.52. The van der Waals surface area contributed by atoms with Gasteiger partial charge in [0.1, 0.15) is 0 Å². The summed E-state index contributed by atoms with van der Waals surface area (Å²) in [5.41, 5.74) is -1.11. The highest BCUT2D eigenvalue weighted by Gasteiger charge is 2.54. The van der Waals surface area contributed by atoms with E-state index >= 15 is 0 Å². The quantitative estimate of drug-likeness (QED) is 0.866. The third-order valence-corrected chi connectivity index (χ3v) is 6.22. The third-order valence-electron chi connectivity index (χ3n) is 6.22. The highest BCUT2D eigenvalue weighted by Crippen LogP contribution is 2.58. The van der Waals surface area contributed by atoms with Crippen LogP contribution in [-0.2, 0) is 6.18 Å². The van der Waals surface area contributed by atoms with Crippen molar-refractivity contribution < 1.29 is 18.0 Å². The molecule has 0 saturated heterocycles. The molecule has 1 N–H and O–H groups in total. The van der Waals surface area contributed by atoms with Gasteiger partial charge in [0.15, 0.2) is 0 Å². The maximum Gasteiger partial charge on any atom is 0.417 e. The van der Waals surface area contributed by atoms with Crippen molar-refractivity contribution in [3.05, 3.63) is 35.4 Å². The van der Waals surface area contributed by atoms with E-state index in [4.69, 9.17) is 0 Å². The van der Waals surface area contributed by atoms with Crippen molar-refractivity contribution in [1.82, 2.24) is 5.32 Å². The molecule has 0 aromatic heterocycles. The molecule has 1 aromatic carbocycles. The van der Waals surface area contributed by atoms with E-state index in [-0.39, 0.29) is 11.6 Å². The van der Waals surface area contributed by atoms with Gasteiger partial charge in [-0.25, -0.2) is 0 Å². The van der Waals surface area contributed by atoms with Gasteiger partial charge in [0, 0.05) is 6.04 Å². The molecule has 3 aliphatic carbocycles. The van der Waals surface area contributed by atoms with E-state index in [1.54, 1.807) is 0 Å². The number of nitrogens with one attached hydrogen (secondary N) is 1. The highest BCUT2D eigenvalue weighted by atomic mass is 19.4. The van der Waals surface area contributed by atoms with Crippen LogP contribution < -0.4 is 5.32 Å². The molecule has 4 rings (SSSR count). The first-order valence-electron chi connectivity index (χ1n) is 8.42. The summed E-state index contributed by atoms with van der Waals surface area (Å²) >= 11 is 0. The Labute approximate surface area is 133 Å². The summed E-state index contributed by atoms with van der Waals surface area (Å²) in [6.45, 7) is 0. The molecule has 1 aromatic rings. The summed E-state index contributed by atoms with van der Waals surface area (Å²) < 4.78 is 39.2. The van der Waals surface area contributed by atoms with Crippen LogP contribution in [0.15, 0.2) is 24.3 Å². The lowest BCUT2D eigenvalue weighted by Crippen LogP contribution is -2.43. The van der Waals surface area contributed by atoms with Gasteiger partial charge in [0.2, 0.25) is 0 Å². The number of fused-ring (bicyclic) bond motifs is 5. The Bertz CT molecular complexity index is 627.